The molecule has 7 heteroatoms. The molecule has 24 heavy (non-hydrogen) atoms. The van der Waals surface area contributed by atoms with Gasteiger partial charge >= 0.3 is 5.97 Å². The molecule has 0 saturated heterocycles. The number of esters is 1. The Labute approximate surface area is 140 Å². The van der Waals surface area contributed by atoms with Crippen LogP contribution in [0.3, 0.4) is 0 Å². The van der Waals surface area contributed by atoms with Crippen LogP contribution in [0, 0.1) is 0 Å². The van der Waals surface area contributed by atoms with Gasteiger partial charge in [-0.05, 0) is 42.5 Å². The van der Waals surface area contributed by atoms with Crippen LogP contribution in [0.1, 0.15) is 10.4 Å². The van der Waals surface area contributed by atoms with Gasteiger partial charge in [-0.25, -0.2) is 13.2 Å². The molecule has 2 aromatic carbocycles. The summed E-state index contributed by atoms with van der Waals surface area (Å²) < 4.78 is 37.2. The van der Waals surface area contributed by atoms with Crippen LogP contribution in [0.4, 0.5) is 5.69 Å². The van der Waals surface area contributed by atoms with Gasteiger partial charge in [-0.2, -0.15) is 0 Å². The van der Waals surface area contributed by atoms with Gasteiger partial charge in [0.1, 0.15) is 12.4 Å². The summed E-state index contributed by atoms with van der Waals surface area (Å²) in [5.41, 5.74) is 0.540. The second-order valence-electron chi connectivity index (χ2n) is 4.75. The first-order chi connectivity index (χ1) is 11.5. The second kappa shape index (κ2) is 7.65. The lowest BCUT2D eigenvalue weighted by molar-refractivity contribution is 0.0600. The maximum atomic E-state index is 12.4. The van der Waals surface area contributed by atoms with Gasteiger partial charge < -0.3 is 9.47 Å². The predicted octanol–water partition coefficient (Wildman–Crippen LogP) is 2.84. The molecule has 0 radical (unpaired) electrons. The van der Waals surface area contributed by atoms with Crippen LogP contribution in [0.15, 0.2) is 66.1 Å². The van der Waals surface area contributed by atoms with Crippen LogP contribution in [-0.2, 0) is 14.8 Å². The van der Waals surface area contributed by atoms with Crippen molar-refractivity contribution in [3.05, 3.63) is 66.7 Å². The van der Waals surface area contributed by atoms with Crippen LogP contribution in [0.5, 0.6) is 5.75 Å². The maximum absolute atomic E-state index is 12.4. The standard InChI is InChI=1S/C17H17NO5S/c1-3-11-23-15-9-7-14(8-10-15)18-24(20,21)16-6-4-5-13(12-16)17(19)22-2/h3-10,12,18H,1,11H2,2H3. The van der Waals surface area contributed by atoms with Gasteiger partial charge in [0.2, 0.25) is 0 Å². The molecule has 126 valence electrons. The summed E-state index contributed by atoms with van der Waals surface area (Å²) in [6, 6.07) is 12.1. The number of hydrogen-bond acceptors (Lipinski definition) is 5. The Bertz CT molecular complexity index is 828. The summed E-state index contributed by atoms with van der Waals surface area (Å²) >= 11 is 0. The predicted molar refractivity (Wildman–Crippen MR) is 90.7 cm³/mol. The molecule has 1 N–H and O–H groups in total. The van der Waals surface area contributed by atoms with Crippen molar-refractivity contribution in [2.75, 3.05) is 18.4 Å². The highest BCUT2D eigenvalue weighted by atomic mass is 32.2. The zero-order chi connectivity index (χ0) is 17.6. The van der Waals surface area contributed by atoms with Crippen molar-refractivity contribution in [1.29, 1.82) is 0 Å². The molecular formula is C17H17NO5S. The van der Waals surface area contributed by atoms with Gasteiger partial charge in [-0.3, -0.25) is 4.72 Å². The number of carbonyl (C=O) groups excluding carboxylic acids is 1. The first kappa shape index (κ1) is 17.6. The molecule has 0 aliphatic rings. The zero-order valence-corrected chi connectivity index (χ0v) is 13.9. The van der Waals surface area contributed by atoms with E-state index >= 15 is 0 Å². The third-order valence-electron chi connectivity index (χ3n) is 3.04. The molecule has 6 nitrogen and oxygen atoms in total. The largest absolute Gasteiger partial charge is 0.490 e. The molecule has 0 unspecified atom stereocenters. The molecule has 0 bridgehead atoms. The van der Waals surface area contributed by atoms with Gasteiger partial charge in [0.25, 0.3) is 10.0 Å². The van der Waals surface area contributed by atoms with E-state index in [-0.39, 0.29) is 10.5 Å². The number of benzene rings is 2. The zero-order valence-electron chi connectivity index (χ0n) is 13.1. The van der Waals surface area contributed by atoms with Crippen LogP contribution in [0.25, 0.3) is 0 Å². The van der Waals surface area contributed by atoms with E-state index in [9.17, 15) is 13.2 Å². The molecule has 0 heterocycles. The summed E-state index contributed by atoms with van der Waals surface area (Å²) in [5, 5.41) is 0. The average Bonchev–Trinajstić information content (AvgIpc) is 2.60. The van der Waals surface area contributed by atoms with Crippen molar-refractivity contribution in [3.63, 3.8) is 0 Å². The minimum absolute atomic E-state index is 0.0302. The van der Waals surface area contributed by atoms with Crippen LogP contribution >= 0.6 is 0 Å². The number of carbonyl (C=O) groups is 1. The highest BCUT2D eigenvalue weighted by molar-refractivity contribution is 7.92. The van der Waals surface area contributed by atoms with Crippen LogP contribution < -0.4 is 9.46 Å². The molecule has 0 spiro atoms. The highest BCUT2D eigenvalue weighted by Crippen LogP contribution is 2.20. The molecule has 0 amide bonds. The number of ether oxygens (including phenoxy) is 2. The lowest BCUT2D eigenvalue weighted by atomic mass is 10.2. The monoisotopic (exact) mass is 347 g/mol. The number of anilines is 1. The van der Waals surface area contributed by atoms with Crippen molar-refractivity contribution in [2.45, 2.75) is 4.90 Å². The van der Waals surface area contributed by atoms with Gasteiger partial charge in [0.05, 0.1) is 17.6 Å². The lowest BCUT2D eigenvalue weighted by Gasteiger charge is -2.10. The Morgan fingerprint density at radius 1 is 1.21 bits per heavy atom. The summed E-state index contributed by atoms with van der Waals surface area (Å²) in [4.78, 5) is 11.5. The summed E-state index contributed by atoms with van der Waals surface area (Å²) in [5.74, 6) is 0.00121. The van der Waals surface area contributed by atoms with Crippen LogP contribution in [-0.4, -0.2) is 28.1 Å². The summed E-state index contributed by atoms with van der Waals surface area (Å²) in [6.07, 6.45) is 1.62. The Morgan fingerprint density at radius 3 is 2.54 bits per heavy atom. The molecule has 0 atom stereocenters. The number of hydrogen-bond donors (Lipinski definition) is 1. The van der Waals surface area contributed by atoms with E-state index in [1.54, 1.807) is 30.3 Å². The quantitative estimate of drug-likeness (QED) is 0.615. The summed E-state index contributed by atoms with van der Waals surface area (Å²) in [7, 11) is -2.59. The van der Waals surface area contributed by atoms with Gasteiger partial charge in [0.15, 0.2) is 0 Å². The SMILES string of the molecule is C=CCOc1ccc(NS(=O)(=O)c2cccc(C(=O)OC)c2)cc1. The Morgan fingerprint density at radius 2 is 1.92 bits per heavy atom. The highest BCUT2D eigenvalue weighted by Gasteiger charge is 2.16. The van der Waals surface area contributed by atoms with E-state index in [0.29, 0.717) is 18.0 Å². The molecule has 0 aromatic heterocycles. The lowest BCUT2D eigenvalue weighted by Crippen LogP contribution is -2.14. The molecule has 0 fully saturated rings. The van der Waals surface area contributed by atoms with Crippen molar-refractivity contribution < 1.29 is 22.7 Å². The smallest absolute Gasteiger partial charge is 0.337 e. The van der Waals surface area contributed by atoms with E-state index in [4.69, 9.17) is 4.74 Å². The van der Waals surface area contributed by atoms with E-state index in [1.807, 2.05) is 0 Å². The number of methoxy groups -OCH3 is 1. The molecule has 0 saturated carbocycles. The van der Waals surface area contributed by atoms with Crippen molar-refractivity contribution in [3.8, 4) is 5.75 Å². The first-order valence-corrected chi connectivity index (χ1v) is 8.49. The molecule has 0 aliphatic heterocycles. The number of rotatable bonds is 7. The van der Waals surface area contributed by atoms with Crippen LogP contribution in [0.2, 0.25) is 0 Å². The molecule has 0 aliphatic carbocycles. The third kappa shape index (κ3) is 4.36. The maximum Gasteiger partial charge on any atom is 0.337 e. The van der Waals surface area contributed by atoms with Crippen molar-refractivity contribution in [1.82, 2.24) is 0 Å². The summed E-state index contributed by atoms with van der Waals surface area (Å²) in [6.45, 7) is 3.92. The Hall–Kier alpha value is -2.80. The number of sulfonamides is 1. The van der Waals surface area contributed by atoms with E-state index in [1.165, 1.54) is 31.4 Å². The Balaban J connectivity index is 2.19. The average molecular weight is 347 g/mol. The molecule has 2 rings (SSSR count). The van der Waals surface area contributed by atoms with Gasteiger partial charge in [0, 0.05) is 5.69 Å². The number of nitrogens with one attached hydrogen (secondary N) is 1. The minimum Gasteiger partial charge on any atom is -0.490 e. The van der Waals surface area contributed by atoms with E-state index in [2.05, 4.69) is 16.0 Å². The normalized spacial score (nSPS) is 10.7. The minimum atomic E-state index is -3.82. The van der Waals surface area contributed by atoms with Gasteiger partial charge in [-0.1, -0.05) is 18.7 Å². The first-order valence-electron chi connectivity index (χ1n) is 7.01. The fourth-order valence-electron chi connectivity index (χ4n) is 1.90. The Kier molecular flexibility index (Phi) is 5.59. The fourth-order valence-corrected chi connectivity index (χ4v) is 3.00. The topological polar surface area (TPSA) is 81.7 Å². The van der Waals surface area contributed by atoms with Gasteiger partial charge in [-0.15, -0.1) is 0 Å². The second-order valence-corrected chi connectivity index (χ2v) is 6.43. The third-order valence-corrected chi connectivity index (χ3v) is 4.42. The molecule has 2 aromatic rings. The van der Waals surface area contributed by atoms with Crippen molar-refractivity contribution >= 4 is 21.7 Å². The van der Waals surface area contributed by atoms with E-state index in [0.717, 1.165) is 0 Å². The van der Waals surface area contributed by atoms with E-state index < -0.39 is 16.0 Å². The molecular weight excluding hydrogens is 330 g/mol. The fraction of sp³-hybridized carbons (Fsp3) is 0.118. The van der Waals surface area contributed by atoms with Crippen molar-refractivity contribution in [2.24, 2.45) is 0 Å².